The molecule has 7 nitrogen and oxygen atoms in total. The highest BCUT2D eigenvalue weighted by molar-refractivity contribution is 7.91. The fourth-order valence-corrected chi connectivity index (χ4v) is 4.28. The summed E-state index contributed by atoms with van der Waals surface area (Å²) in [4.78, 5) is 24.7. The van der Waals surface area contributed by atoms with Crippen LogP contribution in [0.4, 0.5) is 0 Å². The van der Waals surface area contributed by atoms with Crippen molar-refractivity contribution >= 4 is 21.7 Å². The van der Waals surface area contributed by atoms with Crippen LogP contribution in [0.2, 0.25) is 0 Å². The fraction of sp³-hybridized carbons (Fsp3) is 0.467. The number of aromatic carboxylic acids is 1. The highest BCUT2D eigenvalue weighted by Crippen LogP contribution is 2.19. The smallest absolute Gasteiger partial charge is 0.335 e. The molecule has 2 rings (SSSR count). The number of sulfone groups is 1. The maximum Gasteiger partial charge on any atom is 0.335 e. The largest absolute Gasteiger partial charge is 0.481 e. The molecule has 1 amide bonds. The number of carboxylic acids is 1. The van der Waals surface area contributed by atoms with Gasteiger partial charge < -0.3 is 14.7 Å². The first-order valence-corrected chi connectivity index (χ1v) is 8.99. The van der Waals surface area contributed by atoms with Gasteiger partial charge in [-0.15, -0.1) is 0 Å². The van der Waals surface area contributed by atoms with E-state index in [4.69, 9.17) is 9.84 Å². The Morgan fingerprint density at radius 1 is 1.39 bits per heavy atom. The lowest BCUT2D eigenvalue weighted by molar-refractivity contribution is -0.138. The zero-order chi connectivity index (χ0) is 17.2. The molecule has 2 unspecified atom stereocenters. The molecule has 8 heteroatoms. The van der Waals surface area contributed by atoms with Gasteiger partial charge in [0, 0.05) is 13.1 Å². The first-order valence-electron chi connectivity index (χ1n) is 7.17. The highest BCUT2D eigenvalue weighted by Gasteiger charge is 2.34. The van der Waals surface area contributed by atoms with Gasteiger partial charge >= 0.3 is 5.97 Å². The van der Waals surface area contributed by atoms with Crippen LogP contribution in [-0.2, 0) is 14.6 Å². The second-order valence-corrected chi connectivity index (χ2v) is 7.83. The minimum Gasteiger partial charge on any atom is -0.481 e. The van der Waals surface area contributed by atoms with Crippen LogP contribution in [0, 0.1) is 0 Å². The molecular weight excluding hydrogens is 322 g/mol. The lowest BCUT2D eigenvalue weighted by Crippen LogP contribution is -2.44. The summed E-state index contributed by atoms with van der Waals surface area (Å²) in [5.74, 6) is -1.09. The Balaban J connectivity index is 2.02. The topological polar surface area (TPSA) is 101 Å². The van der Waals surface area contributed by atoms with Gasteiger partial charge in [-0.25, -0.2) is 13.2 Å². The standard InChI is InChI=1S/C15H19NO6S/c1-10(22-13-5-3-4-11(8-13)15(18)19)14(17)16(2)12-6-7-23(20,21)9-12/h3-5,8,10,12H,6-7,9H2,1-2H3,(H,18,19). The van der Waals surface area contributed by atoms with Crippen LogP contribution in [0.15, 0.2) is 24.3 Å². The molecule has 1 aromatic rings. The van der Waals surface area contributed by atoms with Crippen LogP contribution in [-0.4, -0.2) is 61.0 Å². The number of carbonyl (C=O) groups excluding carboxylic acids is 1. The predicted molar refractivity (Wildman–Crippen MR) is 83.3 cm³/mol. The normalized spacial score (nSPS) is 20.7. The molecule has 0 bridgehead atoms. The second-order valence-electron chi connectivity index (χ2n) is 5.60. The molecule has 1 fully saturated rings. The van der Waals surface area contributed by atoms with Crippen molar-refractivity contribution in [2.75, 3.05) is 18.6 Å². The van der Waals surface area contributed by atoms with Crippen LogP contribution in [0.3, 0.4) is 0 Å². The van der Waals surface area contributed by atoms with Gasteiger partial charge in [-0.05, 0) is 31.5 Å². The summed E-state index contributed by atoms with van der Waals surface area (Å²) in [5.41, 5.74) is 0.0670. The quantitative estimate of drug-likeness (QED) is 0.850. The second kappa shape index (κ2) is 6.57. The predicted octanol–water partition coefficient (Wildman–Crippen LogP) is 0.798. The molecular formula is C15H19NO6S. The lowest BCUT2D eigenvalue weighted by Gasteiger charge is -2.26. The SMILES string of the molecule is CC(Oc1cccc(C(=O)O)c1)C(=O)N(C)C1CCS(=O)(=O)C1. The van der Waals surface area contributed by atoms with Gasteiger partial charge in [-0.3, -0.25) is 4.79 Å². The first-order chi connectivity index (χ1) is 10.7. The van der Waals surface area contributed by atoms with E-state index < -0.39 is 21.9 Å². The van der Waals surface area contributed by atoms with Gasteiger partial charge in [0.25, 0.3) is 5.91 Å². The summed E-state index contributed by atoms with van der Waals surface area (Å²) in [6, 6.07) is 5.52. The monoisotopic (exact) mass is 341 g/mol. The van der Waals surface area contributed by atoms with Crippen LogP contribution in [0.25, 0.3) is 0 Å². The van der Waals surface area contributed by atoms with Gasteiger partial charge in [0.05, 0.1) is 17.1 Å². The Morgan fingerprint density at radius 3 is 2.65 bits per heavy atom. The molecule has 0 aromatic heterocycles. The summed E-state index contributed by atoms with van der Waals surface area (Å²) in [5, 5.41) is 8.95. The summed E-state index contributed by atoms with van der Waals surface area (Å²) in [7, 11) is -1.52. The molecule has 2 atom stereocenters. The fourth-order valence-electron chi connectivity index (χ4n) is 2.50. The number of hydrogen-bond donors (Lipinski definition) is 1. The average molecular weight is 341 g/mol. The number of likely N-dealkylation sites (N-methyl/N-ethyl adjacent to an activating group) is 1. The third-order valence-corrected chi connectivity index (χ3v) is 5.60. The van der Waals surface area contributed by atoms with Gasteiger partial charge in [0.15, 0.2) is 15.9 Å². The van der Waals surface area contributed by atoms with Crippen molar-refractivity contribution in [2.24, 2.45) is 0 Å². The van der Waals surface area contributed by atoms with E-state index in [0.717, 1.165) is 0 Å². The zero-order valence-electron chi connectivity index (χ0n) is 12.9. The van der Waals surface area contributed by atoms with Gasteiger partial charge in [-0.1, -0.05) is 6.07 Å². The molecule has 1 aliphatic rings. The van der Waals surface area contributed by atoms with Crippen molar-refractivity contribution < 1.29 is 27.9 Å². The van der Waals surface area contributed by atoms with E-state index >= 15 is 0 Å². The van der Waals surface area contributed by atoms with E-state index in [-0.39, 0.29) is 34.8 Å². The van der Waals surface area contributed by atoms with Crippen LogP contribution in [0.5, 0.6) is 5.75 Å². The van der Waals surface area contributed by atoms with E-state index in [9.17, 15) is 18.0 Å². The number of carbonyl (C=O) groups is 2. The van der Waals surface area contributed by atoms with Crippen molar-refractivity contribution in [1.82, 2.24) is 4.90 Å². The molecule has 1 saturated heterocycles. The summed E-state index contributed by atoms with van der Waals surface area (Å²) in [6.45, 7) is 1.55. The number of benzene rings is 1. The minimum atomic E-state index is -3.07. The van der Waals surface area contributed by atoms with Gasteiger partial charge in [0.2, 0.25) is 0 Å². The van der Waals surface area contributed by atoms with E-state index in [1.807, 2.05) is 0 Å². The number of hydrogen-bond acceptors (Lipinski definition) is 5. The molecule has 0 spiro atoms. The van der Waals surface area contributed by atoms with Crippen LogP contribution < -0.4 is 4.74 Å². The molecule has 0 saturated carbocycles. The Morgan fingerprint density at radius 2 is 2.09 bits per heavy atom. The van der Waals surface area contributed by atoms with Gasteiger partial charge in [0.1, 0.15) is 5.75 Å². The number of ether oxygens (including phenoxy) is 1. The Bertz CT molecular complexity index is 714. The van der Waals surface area contributed by atoms with Crippen molar-refractivity contribution in [3.63, 3.8) is 0 Å². The molecule has 0 radical (unpaired) electrons. The highest BCUT2D eigenvalue weighted by atomic mass is 32.2. The first kappa shape index (κ1) is 17.3. The molecule has 1 aliphatic heterocycles. The molecule has 1 aromatic carbocycles. The number of nitrogens with zero attached hydrogens (tertiary/aromatic N) is 1. The van der Waals surface area contributed by atoms with Crippen LogP contribution in [0.1, 0.15) is 23.7 Å². The molecule has 126 valence electrons. The van der Waals surface area contributed by atoms with E-state index in [2.05, 4.69) is 0 Å². The molecule has 1 heterocycles. The number of amides is 1. The van der Waals surface area contributed by atoms with Gasteiger partial charge in [-0.2, -0.15) is 0 Å². The van der Waals surface area contributed by atoms with E-state index in [1.165, 1.54) is 23.1 Å². The van der Waals surface area contributed by atoms with E-state index in [0.29, 0.717) is 6.42 Å². The van der Waals surface area contributed by atoms with Crippen molar-refractivity contribution in [3.8, 4) is 5.75 Å². The molecule has 0 aliphatic carbocycles. The average Bonchev–Trinajstić information content (AvgIpc) is 2.86. The maximum atomic E-state index is 12.4. The third kappa shape index (κ3) is 4.22. The summed E-state index contributed by atoms with van der Waals surface area (Å²) in [6.07, 6.45) is -0.418. The number of rotatable bonds is 5. The Kier molecular flexibility index (Phi) is 4.93. The minimum absolute atomic E-state index is 0.0313. The zero-order valence-corrected chi connectivity index (χ0v) is 13.7. The maximum absolute atomic E-state index is 12.4. The number of carboxylic acid groups (broad SMARTS) is 1. The van der Waals surface area contributed by atoms with Crippen LogP contribution >= 0.6 is 0 Å². The Labute approximate surface area is 134 Å². The lowest BCUT2D eigenvalue weighted by atomic mass is 10.2. The third-order valence-electron chi connectivity index (χ3n) is 3.85. The molecule has 23 heavy (non-hydrogen) atoms. The summed E-state index contributed by atoms with van der Waals surface area (Å²) >= 11 is 0. The van der Waals surface area contributed by atoms with Crippen molar-refractivity contribution in [1.29, 1.82) is 0 Å². The Hall–Kier alpha value is -2.09. The molecule has 1 N–H and O–H groups in total. The van der Waals surface area contributed by atoms with Crippen molar-refractivity contribution in [2.45, 2.75) is 25.5 Å². The van der Waals surface area contributed by atoms with E-state index in [1.54, 1.807) is 20.0 Å². The summed E-state index contributed by atoms with van der Waals surface area (Å²) < 4.78 is 28.5. The van der Waals surface area contributed by atoms with Crippen molar-refractivity contribution in [3.05, 3.63) is 29.8 Å².